The maximum absolute atomic E-state index is 3.95. The summed E-state index contributed by atoms with van der Waals surface area (Å²) in [5.41, 5.74) is 1.30. The van der Waals surface area contributed by atoms with Crippen LogP contribution in [0.1, 0.15) is 0 Å². The van der Waals surface area contributed by atoms with Gasteiger partial charge in [-0.05, 0) is 12.4 Å². The van der Waals surface area contributed by atoms with Gasteiger partial charge in [0.15, 0.2) is 11.5 Å². The Morgan fingerprint density at radius 1 is 1.42 bits per heavy atom. The Kier molecular flexibility index (Phi) is 1.43. The smallest absolute Gasteiger partial charge is 0.190 e. The van der Waals surface area contributed by atoms with Crippen molar-refractivity contribution in [2.45, 2.75) is 0 Å². The lowest BCUT2D eigenvalue weighted by Gasteiger charge is -1.89. The lowest BCUT2D eigenvalue weighted by atomic mass is 10.5. The third kappa shape index (κ3) is 0.889. The van der Waals surface area contributed by atoms with Gasteiger partial charge >= 0.3 is 0 Å². The van der Waals surface area contributed by atoms with E-state index in [1.807, 2.05) is 0 Å². The zero-order valence-electron chi connectivity index (χ0n) is 6.15. The van der Waals surface area contributed by atoms with E-state index in [2.05, 4.69) is 37.4 Å². The second-order valence-corrected chi connectivity index (χ2v) is 2.07. The molecule has 0 unspecified atom stereocenters. The van der Waals surface area contributed by atoms with Crippen molar-refractivity contribution in [2.75, 3.05) is 0 Å². The van der Waals surface area contributed by atoms with Gasteiger partial charge in [-0.15, -0.1) is 0 Å². The van der Waals surface area contributed by atoms with Gasteiger partial charge in [0, 0.05) is 0 Å². The summed E-state index contributed by atoms with van der Waals surface area (Å²) < 4.78 is 0. The Labute approximate surface area is 67.9 Å². The minimum atomic E-state index is 0.507. The number of rotatable bonds is 1. The average molecular weight is 159 g/mol. The quantitative estimate of drug-likeness (QED) is 0.627. The van der Waals surface area contributed by atoms with Gasteiger partial charge in [0.2, 0.25) is 0 Å². The molecule has 0 fully saturated rings. The minimum Gasteiger partial charge on any atom is -0.340 e. The molecule has 0 aliphatic heterocycles. The third-order valence-electron chi connectivity index (χ3n) is 1.39. The molecule has 0 bridgehead atoms. The zero-order valence-corrected chi connectivity index (χ0v) is 6.15. The molecule has 0 aliphatic carbocycles. The second-order valence-electron chi connectivity index (χ2n) is 2.07. The fourth-order valence-corrected chi connectivity index (χ4v) is 0.912. The van der Waals surface area contributed by atoms with E-state index in [9.17, 15) is 0 Å². The maximum atomic E-state index is 3.95. The van der Waals surface area contributed by atoms with Gasteiger partial charge in [0.05, 0.1) is 6.33 Å². The number of hydrogen-bond donors (Lipinski definition) is 1. The first-order valence-corrected chi connectivity index (χ1v) is 3.28. The Balaban J connectivity index is 2.81. The van der Waals surface area contributed by atoms with E-state index in [0.717, 1.165) is 0 Å². The van der Waals surface area contributed by atoms with E-state index in [1.165, 1.54) is 6.33 Å². The SMILES string of the molecule is C=C=Nc1ncnc2nc[nH]c12. The van der Waals surface area contributed by atoms with Crippen molar-refractivity contribution in [1.29, 1.82) is 0 Å². The van der Waals surface area contributed by atoms with E-state index in [0.29, 0.717) is 17.0 Å². The lowest BCUT2D eigenvalue weighted by molar-refractivity contribution is 1.18. The second kappa shape index (κ2) is 2.56. The molecule has 2 rings (SSSR count). The summed E-state index contributed by atoms with van der Waals surface area (Å²) in [6, 6.07) is 0. The van der Waals surface area contributed by atoms with Crippen LogP contribution in [0.4, 0.5) is 5.82 Å². The number of nitrogens with one attached hydrogen (secondary N) is 1. The standard InChI is InChI=1S/C7H5N5/c1-2-8-6-5-7(10-3-9-5)12-4-11-6/h3-4H,1H2,(H,9,10,11,12). The Bertz CT molecular complexity index is 452. The molecule has 2 aromatic heterocycles. The normalized spacial score (nSPS) is 9.67. The van der Waals surface area contributed by atoms with Gasteiger partial charge in [-0.2, -0.15) is 4.99 Å². The number of aliphatic imine (C=N–C) groups is 1. The van der Waals surface area contributed by atoms with Gasteiger partial charge in [0.25, 0.3) is 0 Å². The molecule has 2 aromatic rings. The number of aromatic amines is 1. The lowest BCUT2D eigenvalue weighted by Crippen LogP contribution is -1.80. The van der Waals surface area contributed by atoms with Gasteiger partial charge in [-0.1, -0.05) is 0 Å². The van der Waals surface area contributed by atoms with Crippen LogP contribution in [0.25, 0.3) is 11.2 Å². The number of nitrogens with zero attached hydrogens (tertiary/aromatic N) is 4. The van der Waals surface area contributed by atoms with Gasteiger partial charge in [0.1, 0.15) is 11.8 Å². The van der Waals surface area contributed by atoms with Crippen molar-refractivity contribution < 1.29 is 0 Å². The largest absolute Gasteiger partial charge is 0.340 e. The summed E-state index contributed by atoms with van der Waals surface area (Å²) in [5, 5.41) is 0. The number of fused-ring (bicyclic) bond motifs is 1. The summed E-state index contributed by atoms with van der Waals surface area (Å²) in [7, 11) is 0. The molecule has 2 heterocycles. The Morgan fingerprint density at radius 3 is 3.17 bits per heavy atom. The minimum absolute atomic E-state index is 0.507. The van der Waals surface area contributed by atoms with Crippen LogP contribution < -0.4 is 0 Å². The van der Waals surface area contributed by atoms with E-state index in [4.69, 9.17) is 0 Å². The van der Waals surface area contributed by atoms with Crippen LogP contribution in [0.2, 0.25) is 0 Å². The van der Waals surface area contributed by atoms with Crippen LogP contribution in [-0.2, 0) is 0 Å². The molecule has 0 saturated carbocycles. The Hall–Kier alpha value is -2.00. The van der Waals surface area contributed by atoms with Gasteiger partial charge in [-0.3, -0.25) is 0 Å². The summed E-state index contributed by atoms with van der Waals surface area (Å²) >= 11 is 0. The van der Waals surface area contributed by atoms with Crippen LogP contribution in [0, 0.1) is 0 Å². The van der Waals surface area contributed by atoms with E-state index >= 15 is 0 Å². The van der Waals surface area contributed by atoms with Crippen molar-refractivity contribution in [1.82, 2.24) is 19.9 Å². The molecular formula is C7H5N5. The van der Waals surface area contributed by atoms with E-state index < -0.39 is 0 Å². The van der Waals surface area contributed by atoms with Crippen molar-refractivity contribution in [3.63, 3.8) is 0 Å². The first-order chi connectivity index (χ1) is 5.92. The zero-order chi connectivity index (χ0) is 8.39. The fourth-order valence-electron chi connectivity index (χ4n) is 0.912. The molecule has 58 valence electrons. The molecule has 0 amide bonds. The fraction of sp³-hybridized carbons (Fsp3) is 0. The molecule has 5 nitrogen and oxygen atoms in total. The molecule has 0 saturated heterocycles. The van der Waals surface area contributed by atoms with Crippen LogP contribution in [0.3, 0.4) is 0 Å². The summed E-state index contributed by atoms with van der Waals surface area (Å²) in [6.07, 6.45) is 2.95. The highest BCUT2D eigenvalue weighted by Gasteiger charge is 2.02. The molecule has 0 aromatic carbocycles. The molecule has 0 atom stereocenters. The third-order valence-corrected chi connectivity index (χ3v) is 1.39. The molecule has 0 aliphatic rings. The molecule has 5 heteroatoms. The number of imidazole rings is 1. The van der Waals surface area contributed by atoms with Gasteiger partial charge < -0.3 is 4.98 Å². The number of hydrogen-bond acceptors (Lipinski definition) is 4. The predicted molar refractivity (Wildman–Crippen MR) is 44.4 cm³/mol. The van der Waals surface area contributed by atoms with Crippen LogP contribution in [-0.4, -0.2) is 25.8 Å². The molecule has 12 heavy (non-hydrogen) atoms. The topological polar surface area (TPSA) is 66.8 Å². The monoisotopic (exact) mass is 159 g/mol. The highest BCUT2D eigenvalue weighted by atomic mass is 15.0. The highest BCUT2D eigenvalue weighted by molar-refractivity contribution is 5.81. The first kappa shape index (κ1) is 6.69. The molecule has 0 radical (unpaired) electrons. The predicted octanol–water partition coefficient (Wildman–Crippen LogP) is 0.840. The summed E-state index contributed by atoms with van der Waals surface area (Å²) in [5.74, 6) is 2.91. The Morgan fingerprint density at radius 2 is 2.33 bits per heavy atom. The van der Waals surface area contributed by atoms with Gasteiger partial charge in [-0.25, -0.2) is 15.0 Å². The molecule has 1 N–H and O–H groups in total. The number of aromatic nitrogens is 4. The van der Waals surface area contributed by atoms with Crippen LogP contribution >= 0.6 is 0 Å². The van der Waals surface area contributed by atoms with Crippen LogP contribution in [0.15, 0.2) is 24.2 Å². The highest BCUT2D eigenvalue weighted by Crippen LogP contribution is 2.16. The van der Waals surface area contributed by atoms with Crippen LogP contribution in [0.5, 0.6) is 0 Å². The van der Waals surface area contributed by atoms with Crippen molar-refractivity contribution >= 4 is 22.9 Å². The average Bonchev–Trinajstić information content (AvgIpc) is 2.53. The van der Waals surface area contributed by atoms with Crippen molar-refractivity contribution in [2.24, 2.45) is 4.99 Å². The summed E-state index contributed by atoms with van der Waals surface area (Å²) in [4.78, 5) is 18.5. The molecule has 0 spiro atoms. The van der Waals surface area contributed by atoms with E-state index in [1.54, 1.807) is 6.33 Å². The van der Waals surface area contributed by atoms with Crippen molar-refractivity contribution in [3.8, 4) is 0 Å². The first-order valence-electron chi connectivity index (χ1n) is 3.28. The number of H-pyrrole nitrogens is 1. The molecular weight excluding hydrogens is 154 g/mol. The van der Waals surface area contributed by atoms with Crippen molar-refractivity contribution in [3.05, 3.63) is 19.2 Å². The van der Waals surface area contributed by atoms with E-state index in [-0.39, 0.29) is 0 Å². The summed E-state index contributed by atoms with van der Waals surface area (Å²) in [6.45, 7) is 3.36. The maximum Gasteiger partial charge on any atom is 0.190 e.